The van der Waals surface area contributed by atoms with Crippen molar-refractivity contribution in [3.05, 3.63) is 41.7 Å². The van der Waals surface area contributed by atoms with E-state index >= 15 is 0 Å². The number of hydrogen-bond donors (Lipinski definition) is 0. The number of allylic oxidation sites excluding steroid dienone is 2. The highest BCUT2D eigenvalue weighted by molar-refractivity contribution is 5.75. The van der Waals surface area contributed by atoms with Gasteiger partial charge in [0.25, 0.3) is 0 Å². The summed E-state index contributed by atoms with van der Waals surface area (Å²) in [5.41, 5.74) is 2.21. The Morgan fingerprint density at radius 1 is 1.17 bits per heavy atom. The lowest BCUT2D eigenvalue weighted by Crippen LogP contribution is -2.07. The van der Waals surface area contributed by atoms with Crippen LogP contribution in [0.5, 0.6) is 0 Å². The largest absolute Gasteiger partial charge is 0.257 e. The zero-order chi connectivity index (χ0) is 12.8. The molecule has 1 fully saturated rings. The zero-order valence-electron chi connectivity index (χ0n) is 10.9. The molecule has 2 heteroatoms. The maximum atomic E-state index is 12.7. The molecule has 1 aliphatic carbocycles. The van der Waals surface area contributed by atoms with Crippen molar-refractivity contribution in [1.29, 1.82) is 0 Å². The van der Waals surface area contributed by atoms with E-state index in [9.17, 15) is 4.39 Å². The Morgan fingerprint density at radius 3 is 2.50 bits per heavy atom. The van der Waals surface area contributed by atoms with E-state index in [0.29, 0.717) is 0 Å². The lowest BCUT2D eigenvalue weighted by Gasteiger charge is -2.21. The first-order valence-electron chi connectivity index (χ1n) is 6.72. The highest BCUT2D eigenvalue weighted by Crippen LogP contribution is 2.29. The van der Waals surface area contributed by atoms with Crippen molar-refractivity contribution in [3.8, 4) is 0 Å². The van der Waals surface area contributed by atoms with Crippen LogP contribution in [0.1, 0.15) is 39.0 Å². The van der Waals surface area contributed by atoms with Crippen molar-refractivity contribution in [2.45, 2.75) is 39.0 Å². The standard InChI is InChI=1S/C16H20FN/c1-13(14-5-3-2-4-6-14)11-12-18-16-9-7-15(17)8-10-16/h7-12,14H,2-6H2,1H3/b13-11+,18-12-. The van der Waals surface area contributed by atoms with Crippen LogP contribution in [0.25, 0.3) is 0 Å². The molecule has 0 aromatic heterocycles. The molecule has 0 N–H and O–H groups in total. The summed E-state index contributed by atoms with van der Waals surface area (Å²) in [5.74, 6) is 0.515. The second-order valence-corrected chi connectivity index (χ2v) is 5.00. The fourth-order valence-corrected chi connectivity index (χ4v) is 2.46. The third kappa shape index (κ3) is 3.80. The van der Waals surface area contributed by atoms with E-state index in [-0.39, 0.29) is 5.82 Å². The number of benzene rings is 1. The quantitative estimate of drug-likeness (QED) is 0.660. The summed E-state index contributed by atoms with van der Waals surface area (Å²) in [6.07, 6.45) is 10.6. The summed E-state index contributed by atoms with van der Waals surface area (Å²) in [5, 5.41) is 0. The van der Waals surface area contributed by atoms with Crippen LogP contribution in [0, 0.1) is 11.7 Å². The molecule has 18 heavy (non-hydrogen) atoms. The van der Waals surface area contributed by atoms with E-state index < -0.39 is 0 Å². The molecule has 0 bridgehead atoms. The molecule has 1 saturated carbocycles. The first-order valence-corrected chi connectivity index (χ1v) is 6.72. The highest BCUT2D eigenvalue weighted by atomic mass is 19.1. The molecule has 0 heterocycles. The molecule has 0 atom stereocenters. The Balaban J connectivity index is 1.94. The maximum absolute atomic E-state index is 12.7. The fourth-order valence-electron chi connectivity index (χ4n) is 2.46. The van der Waals surface area contributed by atoms with E-state index in [1.807, 2.05) is 6.21 Å². The van der Waals surface area contributed by atoms with Gasteiger partial charge in [-0.15, -0.1) is 0 Å². The molecule has 1 aromatic carbocycles. The van der Waals surface area contributed by atoms with Gasteiger partial charge in [0.2, 0.25) is 0 Å². The lowest BCUT2D eigenvalue weighted by atomic mass is 9.84. The van der Waals surface area contributed by atoms with E-state index in [0.717, 1.165) is 11.6 Å². The van der Waals surface area contributed by atoms with Crippen LogP contribution in [-0.2, 0) is 0 Å². The number of aliphatic imine (C=N–C) groups is 1. The second-order valence-electron chi connectivity index (χ2n) is 5.00. The van der Waals surface area contributed by atoms with Crippen molar-refractivity contribution in [2.24, 2.45) is 10.9 Å². The van der Waals surface area contributed by atoms with Crippen LogP contribution >= 0.6 is 0 Å². The molecule has 0 amide bonds. The van der Waals surface area contributed by atoms with Crippen LogP contribution in [0.4, 0.5) is 10.1 Å². The molecular weight excluding hydrogens is 225 g/mol. The predicted octanol–water partition coefficient (Wildman–Crippen LogP) is 5.05. The Kier molecular flexibility index (Phi) is 4.68. The summed E-state index contributed by atoms with van der Waals surface area (Å²) in [6.45, 7) is 2.19. The molecule has 1 nitrogen and oxygen atoms in total. The van der Waals surface area contributed by atoms with Gasteiger partial charge < -0.3 is 0 Å². The highest BCUT2D eigenvalue weighted by Gasteiger charge is 2.13. The molecule has 2 rings (SSSR count). The van der Waals surface area contributed by atoms with Crippen molar-refractivity contribution < 1.29 is 4.39 Å². The Hall–Kier alpha value is -1.44. The fraction of sp³-hybridized carbons (Fsp3) is 0.438. The summed E-state index contributed by atoms with van der Waals surface area (Å²) in [6, 6.07) is 6.25. The van der Waals surface area contributed by atoms with Gasteiger partial charge in [-0.2, -0.15) is 0 Å². The third-order valence-electron chi connectivity index (χ3n) is 3.64. The molecule has 0 radical (unpaired) electrons. The molecule has 96 valence electrons. The molecule has 0 aliphatic heterocycles. The molecule has 0 saturated heterocycles. The molecule has 0 spiro atoms. The summed E-state index contributed by atoms with van der Waals surface area (Å²) in [7, 11) is 0. The topological polar surface area (TPSA) is 12.4 Å². The molecule has 0 unspecified atom stereocenters. The van der Waals surface area contributed by atoms with Gasteiger partial charge in [-0.25, -0.2) is 4.39 Å². The number of halogens is 1. The molecular formula is C16H20FN. The lowest BCUT2D eigenvalue weighted by molar-refractivity contribution is 0.403. The summed E-state index contributed by atoms with van der Waals surface area (Å²) >= 11 is 0. The van der Waals surface area contributed by atoms with Gasteiger partial charge in [0.1, 0.15) is 5.82 Å². The first-order chi connectivity index (χ1) is 8.75. The number of hydrogen-bond acceptors (Lipinski definition) is 1. The van der Waals surface area contributed by atoms with Gasteiger partial charge in [0.15, 0.2) is 0 Å². The minimum Gasteiger partial charge on any atom is -0.257 e. The van der Waals surface area contributed by atoms with Gasteiger partial charge in [-0.05, 0) is 56.0 Å². The molecule has 1 aromatic rings. The van der Waals surface area contributed by atoms with Crippen LogP contribution in [-0.4, -0.2) is 6.21 Å². The average Bonchev–Trinajstić information content (AvgIpc) is 2.42. The predicted molar refractivity (Wildman–Crippen MR) is 74.9 cm³/mol. The van der Waals surface area contributed by atoms with Gasteiger partial charge in [-0.3, -0.25) is 4.99 Å². The third-order valence-corrected chi connectivity index (χ3v) is 3.64. The Labute approximate surface area is 108 Å². The van der Waals surface area contributed by atoms with Crippen molar-refractivity contribution >= 4 is 11.9 Å². The van der Waals surface area contributed by atoms with Crippen LogP contribution in [0.2, 0.25) is 0 Å². The van der Waals surface area contributed by atoms with E-state index in [4.69, 9.17) is 0 Å². The first kappa shape index (κ1) is 13.0. The normalized spacial score (nSPS) is 18.4. The van der Waals surface area contributed by atoms with Gasteiger partial charge in [0.05, 0.1) is 5.69 Å². The van der Waals surface area contributed by atoms with Crippen LogP contribution in [0.15, 0.2) is 40.9 Å². The van der Waals surface area contributed by atoms with Crippen LogP contribution in [0.3, 0.4) is 0 Å². The summed E-state index contributed by atoms with van der Waals surface area (Å²) < 4.78 is 12.7. The SMILES string of the molecule is C/C(=C\C=N/c1ccc(F)cc1)C1CCCCC1. The number of rotatable bonds is 3. The maximum Gasteiger partial charge on any atom is 0.123 e. The van der Waals surface area contributed by atoms with Crippen molar-refractivity contribution in [1.82, 2.24) is 0 Å². The van der Waals surface area contributed by atoms with Gasteiger partial charge in [0, 0.05) is 6.21 Å². The van der Waals surface area contributed by atoms with Crippen molar-refractivity contribution in [2.75, 3.05) is 0 Å². The Bertz CT molecular complexity index is 425. The zero-order valence-corrected chi connectivity index (χ0v) is 10.9. The van der Waals surface area contributed by atoms with E-state index in [1.54, 1.807) is 12.1 Å². The minimum absolute atomic E-state index is 0.220. The smallest absolute Gasteiger partial charge is 0.123 e. The average molecular weight is 245 g/mol. The van der Waals surface area contributed by atoms with Gasteiger partial charge >= 0.3 is 0 Å². The van der Waals surface area contributed by atoms with Gasteiger partial charge in [-0.1, -0.05) is 24.8 Å². The molecule has 1 aliphatic rings. The van der Waals surface area contributed by atoms with E-state index in [2.05, 4.69) is 18.0 Å². The minimum atomic E-state index is -0.220. The number of nitrogens with zero attached hydrogens (tertiary/aromatic N) is 1. The Morgan fingerprint density at radius 2 is 1.83 bits per heavy atom. The van der Waals surface area contributed by atoms with Crippen LogP contribution < -0.4 is 0 Å². The van der Waals surface area contributed by atoms with E-state index in [1.165, 1.54) is 49.8 Å². The second kappa shape index (κ2) is 6.48. The van der Waals surface area contributed by atoms with Crippen molar-refractivity contribution in [3.63, 3.8) is 0 Å². The summed E-state index contributed by atoms with van der Waals surface area (Å²) in [4.78, 5) is 4.31. The monoisotopic (exact) mass is 245 g/mol.